The molecule has 2 N–H and O–H groups in total. The second-order valence-electron chi connectivity index (χ2n) is 8.42. The number of anilines is 2. The van der Waals surface area contributed by atoms with Crippen molar-refractivity contribution >= 4 is 34.3 Å². The summed E-state index contributed by atoms with van der Waals surface area (Å²) in [5, 5.41) is 6.73. The zero-order valence-electron chi connectivity index (χ0n) is 19.2. The van der Waals surface area contributed by atoms with Crippen molar-refractivity contribution < 1.29 is 28.2 Å². The van der Waals surface area contributed by atoms with Crippen LogP contribution in [0.5, 0.6) is 11.5 Å². The van der Waals surface area contributed by atoms with Crippen LogP contribution in [0.1, 0.15) is 18.4 Å². The number of nitrogens with one attached hydrogen (secondary N) is 2. The molecule has 0 unspecified atom stereocenters. The van der Waals surface area contributed by atoms with E-state index in [0.29, 0.717) is 65.4 Å². The van der Waals surface area contributed by atoms with Gasteiger partial charge in [0.15, 0.2) is 6.61 Å². The van der Waals surface area contributed by atoms with Crippen LogP contribution in [0, 0.1) is 5.82 Å². The van der Waals surface area contributed by atoms with Gasteiger partial charge in [0.25, 0.3) is 5.91 Å². The summed E-state index contributed by atoms with van der Waals surface area (Å²) in [5.41, 5.74) is 2.41. The topological polar surface area (TPSA) is 102 Å². The van der Waals surface area contributed by atoms with Crippen LogP contribution in [-0.2, 0) is 16.1 Å². The van der Waals surface area contributed by atoms with Crippen molar-refractivity contribution in [2.75, 3.05) is 37.0 Å². The number of cyclic esters (lactones) is 1. The van der Waals surface area contributed by atoms with Crippen molar-refractivity contribution in [3.8, 4) is 11.5 Å². The largest absolute Gasteiger partial charge is 0.497 e. The molecular formula is C25H25FN4O5. The zero-order chi connectivity index (χ0) is 24.4. The molecular weight excluding hydrogens is 455 g/mol. The van der Waals surface area contributed by atoms with E-state index in [1.807, 2.05) is 0 Å². The van der Waals surface area contributed by atoms with Gasteiger partial charge >= 0.3 is 6.09 Å². The quantitative estimate of drug-likeness (QED) is 0.475. The summed E-state index contributed by atoms with van der Waals surface area (Å²) in [6.07, 6.45) is 1.96. The van der Waals surface area contributed by atoms with E-state index in [4.69, 9.17) is 14.2 Å². The number of hydrogen-bond acceptors (Lipinski definition) is 7. The van der Waals surface area contributed by atoms with Crippen LogP contribution in [0.2, 0.25) is 0 Å². The fraction of sp³-hybridized carbons (Fsp3) is 0.320. The Morgan fingerprint density at radius 1 is 1.26 bits per heavy atom. The number of carbonyl (C=O) groups excluding carboxylic acids is 2. The van der Waals surface area contributed by atoms with Gasteiger partial charge in [0, 0.05) is 23.2 Å². The Balaban J connectivity index is 1.14. The van der Waals surface area contributed by atoms with Gasteiger partial charge in [-0.2, -0.15) is 0 Å². The number of fused-ring (bicyclic) bond motifs is 2. The smallest absolute Gasteiger partial charge is 0.414 e. The number of halogens is 1. The predicted molar refractivity (Wildman–Crippen MR) is 127 cm³/mol. The summed E-state index contributed by atoms with van der Waals surface area (Å²) in [5.74, 6) is 0.612. The van der Waals surface area contributed by atoms with Crippen molar-refractivity contribution in [1.82, 2.24) is 10.3 Å². The van der Waals surface area contributed by atoms with E-state index in [1.54, 1.807) is 48.4 Å². The summed E-state index contributed by atoms with van der Waals surface area (Å²) < 4.78 is 30.6. The molecule has 1 aromatic heterocycles. The van der Waals surface area contributed by atoms with Crippen molar-refractivity contribution in [1.29, 1.82) is 0 Å². The van der Waals surface area contributed by atoms with Crippen LogP contribution in [0.3, 0.4) is 0 Å². The van der Waals surface area contributed by atoms with Gasteiger partial charge in [-0.05, 0) is 55.8 Å². The third-order valence-electron chi connectivity index (χ3n) is 6.10. The predicted octanol–water partition coefficient (Wildman–Crippen LogP) is 3.61. The molecule has 2 aliphatic heterocycles. The number of pyridine rings is 1. The van der Waals surface area contributed by atoms with E-state index in [9.17, 15) is 14.0 Å². The first-order valence-corrected chi connectivity index (χ1v) is 11.4. The lowest BCUT2D eigenvalue weighted by molar-refractivity contribution is -0.118. The molecule has 0 aliphatic carbocycles. The van der Waals surface area contributed by atoms with E-state index in [-0.39, 0.29) is 24.4 Å². The second kappa shape index (κ2) is 9.75. The maximum absolute atomic E-state index is 14.4. The van der Waals surface area contributed by atoms with Crippen LogP contribution >= 0.6 is 0 Å². The van der Waals surface area contributed by atoms with Crippen LogP contribution in [0.15, 0.2) is 42.6 Å². The van der Waals surface area contributed by atoms with E-state index < -0.39 is 6.09 Å². The molecule has 2 amide bonds. The number of hydrogen-bond donors (Lipinski definition) is 2. The first kappa shape index (κ1) is 22.9. The van der Waals surface area contributed by atoms with Gasteiger partial charge < -0.3 is 24.8 Å². The molecule has 5 rings (SSSR count). The Morgan fingerprint density at radius 2 is 2.14 bits per heavy atom. The van der Waals surface area contributed by atoms with Gasteiger partial charge in [0.2, 0.25) is 0 Å². The molecule has 35 heavy (non-hydrogen) atoms. The lowest BCUT2D eigenvalue weighted by Crippen LogP contribution is -2.27. The van der Waals surface area contributed by atoms with Crippen molar-refractivity contribution in [2.24, 2.45) is 0 Å². The first-order valence-electron chi connectivity index (χ1n) is 11.4. The van der Waals surface area contributed by atoms with E-state index in [1.165, 1.54) is 6.20 Å². The van der Waals surface area contributed by atoms with Gasteiger partial charge in [-0.25, -0.2) is 9.18 Å². The monoisotopic (exact) mass is 480 g/mol. The summed E-state index contributed by atoms with van der Waals surface area (Å²) in [7, 11) is 1.57. The normalized spacial score (nSPS) is 17.1. The maximum Gasteiger partial charge on any atom is 0.414 e. The third-order valence-corrected chi connectivity index (χ3v) is 6.10. The highest BCUT2D eigenvalue weighted by molar-refractivity contribution is 5.97. The van der Waals surface area contributed by atoms with Crippen LogP contribution < -0.4 is 25.0 Å². The molecule has 0 bridgehead atoms. The van der Waals surface area contributed by atoms with Crippen LogP contribution in [0.4, 0.5) is 20.6 Å². The average molecular weight is 480 g/mol. The lowest BCUT2D eigenvalue weighted by atomic mass is 10.1. The van der Waals surface area contributed by atoms with Gasteiger partial charge in [-0.3, -0.25) is 14.7 Å². The number of ether oxygens (including phenoxy) is 3. The molecule has 0 radical (unpaired) electrons. The highest BCUT2D eigenvalue weighted by atomic mass is 19.1. The number of nitrogens with zero attached hydrogens (tertiary/aromatic N) is 2. The molecule has 0 spiro atoms. The fourth-order valence-corrected chi connectivity index (χ4v) is 4.30. The van der Waals surface area contributed by atoms with Gasteiger partial charge in [-0.15, -0.1) is 0 Å². The second-order valence-corrected chi connectivity index (χ2v) is 8.42. The Morgan fingerprint density at radius 3 is 3.00 bits per heavy atom. The number of rotatable bonds is 8. The summed E-state index contributed by atoms with van der Waals surface area (Å²) in [6.45, 7) is 1.36. The molecule has 3 heterocycles. The Bertz CT molecular complexity index is 1280. The molecule has 3 aromatic rings. The average Bonchev–Trinajstić information content (AvgIpc) is 3.24. The van der Waals surface area contributed by atoms with E-state index >= 15 is 0 Å². The minimum absolute atomic E-state index is 0.0214. The highest BCUT2D eigenvalue weighted by Crippen LogP contribution is 2.34. The Kier molecular flexibility index (Phi) is 6.37. The molecule has 1 fully saturated rings. The zero-order valence-corrected chi connectivity index (χ0v) is 19.2. The SMILES string of the molecule is COc1ccc2ncc(F)c(CNCCC[C@H]3CN(c4ccc5c(c4)NC(=O)CO5)C(=O)O3)c2c1. The van der Waals surface area contributed by atoms with Crippen molar-refractivity contribution in [3.63, 3.8) is 0 Å². The first-order chi connectivity index (χ1) is 17.0. The summed E-state index contributed by atoms with van der Waals surface area (Å²) >= 11 is 0. The lowest BCUT2D eigenvalue weighted by Gasteiger charge is -2.20. The molecule has 0 saturated carbocycles. The third kappa shape index (κ3) is 4.83. The van der Waals surface area contributed by atoms with Gasteiger partial charge in [-0.1, -0.05) is 0 Å². The minimum Gasteiger partial charge on any atom is -0.497 e. The number of amides is 2. The number of methoxy groups -OCH3 is 1. The highest BCUT2D eigenvalue weighted by Gasteiger charge is 2.32. The number of aromatic nitrogens is 1. The van der Waals surface area contributed by atoms with Crippen molar-refractivity contribution in [2.45, 2.75) is 25.5 Å². The molecule has 10 heteroatoms. The molecule has 1 atom stereocenters. The minimum atomic E-state index is -0.426. The standard InChI is InChI=1S/C25H25FN4O5/c1-33-16-5-6-21-18(10-16)19(20(26)12-28-21)11-27-8-2-3-17-13-30(25(32)35-17)15-4-7-23-22(9-15)29-24(31)14-34-23/h4-7,9-10,12,17,27H,2-3,8,11,13-14H2,1H3,(H,29,31)/t17-/m0/s1. The van der Waals surface area contributed by atoms with Crippen molar-refractivity contribution in [3.05, 3.63) is 54.0 Å². The molecule has 1 saturated heterocycles. The molecule has 9 nitrogen and oxygen atoms in total. The van der Waals surface area contributed by atoms with E-state index in [0.717, 1.165) is 6.42 Å². The number of carbonyl (C=O) groups is 2. The molecule has 2 aliphatic rings. The molecule has 182 valence electrons. The van der Waals surface area contributed by atoms with Gasteiger partial charge in [0.05, 0.1) is 31.1 Å². The fourth-order valence-electron chi connectivity index (χ4n) is 4.30. The molecule has 2 aromatic carbocycles. The summed E-state index contributed by atoms with van der Waals surface area (Å²) in [4.78, 5) is 29.7. The Hall–Kier alpha value is -3.92. The van der Waals surface area contributed by atoms with Crippen LogP contribution in [-0.4, -0.2) is 49.9 Å². The Labute approximate surface area is 201 Å². The van der Waals surface area contributed by atoms with Crippen LogP contribution in [0.25, 0.3) is 10.9 Å². The summed E-state index contributed by atoms with van der Waals surface area (Å²) in [6, 6.07) is 10.6. The van der Waals surface area contributed by atoms with Gasteiger partial charge in [0.1, 0.15) is 23.4 Å². The van der Waals surface area contributed by atoms with E-state index in [2.05, 4.69) is 15.6 Å². The maximum atomic E-state index is 14.4. The number of benzene rings is 2.